The molecular formula is C32H34N2O7. The molecule has 1 N–H and O–H groups in total. The summed E-state index contributed by atoms with van der Waals surface area (Å²) < 4.78 is 17.7. The van der Waals surface area contributed by atoms with E-state index in [9.17, 15) is 19.5 Å². The molecule has 0 aromatic heterocycles. The molecule has 2 fully saturated rings. The largest absolute Gasteiger partial charge is 0.497 e. The van der Waals surface area contributed by atoms with E-state index in [0.717, 1.165) is 5.56 Å². The van der Waals surface area contributed by atoms with Crippen molar-refractivity contribution in [1.82, 2.24) is 4.90 Å². The van der Waals surface area contributed by atoms with Gasteiger partial charge < -0.3 is 29.1 Å². The zero-order chi connectivity index (χ0) is 28.8. The molecular weight excluding hydrogens is 524 g/mol. The zero-order valence-corrected chi connectivity index (χ0v) is 23.1. The molecule has 2 aromatic carbocycles. The van der Waals surface area contributed by atoms with Crippen LogP contribution in [0, 0.1) is 11.8 Å². The molecule has 0 aliphatic carbocycles. The summed E-state index contributed by atoms with van der Waals surface area (Å²) in [5.41, 5.74) is -0.990. The van der Waals surface area contributed by atoms with Crippen LogP contribution >= 0.6 is 0 Å². The van der Waals surface area contributed by atoms with Gasteiger partial charge in [-0.2, -0.15) is 0 Å². The normalized spacial score (nSPS) is 31.2. The van der Waals surface area contributed by atoms with Crippen molar-refractivity contribution >= 4 is 23.5 Å². The molecule has 1 unspecified atom stereocenters. The summed E-state index contributed by atoms with van der Waals surface area (Å²) in [6, 6.07) is 14.8. The average Bonchev–Trinajstić information content (AvgIpc) is 3.28. The van der Waals surface area contributed by atoms with E-state index in [0.29, 0.717) is 24.3 Å². The highest BCUT2D eigenvalue weighted by Gasteiger charge is 2.76. The van der Waals surface area contributed by atoms with Gasteiger partial charge in [0, 0.05) is 12.2 Å². The Labute approximate surface area is 239 Å². The molecule has 6 rings (SSSR count). The van der Waals surface area contributed by atoms with Crippen molar-refractivity contribution in [3.63, 3.8) is 0 Å². The summed E-state index contributed by atoms with van der Waals surface area (Å²) in [5.74, 6) is -2.54. The van der Waals surface area contributed by atoms with Crippen LogP contribution in [0.25, 0.3) is 0 Å². The predicted octanol–water partition coefficient (Wildman–Crippen LogP) is 2.68. The number of cyclic esters (lactones) is 1. The Hall–Kier alpha value is -3.95. The summed E-state index contributed by atoms with van der Waals surface area (Å²) in [6.07, 6.45) is 7.94. The lowest BCUT2D eigenvalue weighted by atomic mass is 9.73. The van der Waals surface area contributed by atoms with Gasteiger partial charge in [-0.15, -0.1) is 0 Å². The van der Waals surface area contributed by atoms with Gasteiger partial charge >= 0.3 is 5.97 Å². The Morgan fingerprint density at radius 1 is 1.00 bits per heavy atom. The highest BCUT2D eigenvalue weighted by molar-refractivity contribution is 6.05. The number of carbonyl (C=O) groups is 3. The molecule has 4 aliphatic rings. The first kappa shape index (κ1) is 27.2. The van der Waals surface area contributed by atoms with Crippen LogP contribution in [0.2, 0.25) is 0 Å². The van der Waals surface area contributed by atoms with E-state index in [1.807, 2.05) is 49.4 Å². The number of amides is 2. The van der Waals surface area contributed by atoms with Crippen LogP contribution in [-0.4, -0.2) is 77.9 Å². The molecule has 41 heavy (non-hydrogen) atoms. The highest BCUT2D eigenvalue weighted by Crippen LogP contribution is 2.59. The van der Waals surface area contributed by atoms with Crippen molar-refractivity contribution in [2.45, 2.75) is 43.1 Å². The number of anilines is 1. The van der Waals surface area contributed by atoms with Crippen molar-refractivity contribution < 1.29 is 33.7 Å². The molecule has 214 valence electrons. The number of rotatable bonds is 7. The third kappa shape index (κ3) is 4.18. The minimum atomic E-state index is -1.43. The number of ether oxygens (including phenoxy) is 3. The molecule has 0 saturated carbocycles. The number of esters is 1. The zero-order valence-electron chi connectivity index (χ0n) is 23.1. The van der Waals surface area contributed by atoms with Crippen molar-refractivity contribution in [2.24, 2.45) is 11.8 Å². The molecule has 2 amide bonds. The first-order chi connectivity index (χ1) is 19.9. The lowest BCUT2D eigenvalue weighted by molar-refractivity contribution is -0.159. The van der Waals surface area contributed by atoms with Crippen molar-refractivity contribution in [3.8, 4) is 5.75 Å². The first-order valence-corrected chi connectivity index (χ1v) is 14.0. The molecule has 2 aromatic rings. The Morgan fingerprint density at radius 2 is 1.76 bits per heavy atom. The van der Waals surface area contributed by atoms with Crippen LogP contribution in [0.5, 0.6) is 5.75 Å². The van der Waals surface area contributed by atoms with Crippen LogP contribution in [0.1, 0.15) is 18.9 Å². The van der Waals surface area contributed by atoms with Crippen molar-refractivity contribution in [1.29, 1.82) is 0 Å². The number of hydrogen-bond donors (Lipinski definition) is 1. The fraction of sp³-hybridized carbons (Fsp3) is 0.406. The standard InChI is InChI=1S/C32H34N2O7/c1-3-31-15-8-18-40-30(38)26(31)25-28(36)34(23(20-35)19-21-9-5-4-6-10-21)27-29(37)33(17-7-16-32(25,27)41-31)22-11-13-24(39-2)14-12-22/h4-16,23,25-27,35H,3,17-20H2,1-2H3/t23-,25+,26+,27?,31-,32+/m1/s1. The summed E-state index contributed by atoms with van der Waals surface area (Å²) in [5, 5.41) is 10.6. The number of likely N-dealkylation sites (tertiary alicyclic amines) is 1. The third-order valence-corrected chi connectivity index (χ3v) is 8.94. The third-order valence-electron chi connectivity index (χ3n) is 8.94. The molecule has 2 saturated heterocycles. The summed E-state index contributed by atoms with van der Waals surface area (Å²) in [6.45, 7) is 1.87. The van der Waals surface area contributed by atoms with Gasteiger partial charge in [-0.05, 0) is 48.7 Å². The van der Waals surface area contributed by atoms with Crippen LogP contribution in [-0.2, 0) is 30.3 Å². The molecule has 9 nitrogen and oxygen atoms in total. The molecule has 1 spiro atoms. The van der Waals surface area contributed by atoms with Gasteiger partial charge in [0.05, 0.1) is 25.7 Å². The SMILES string of the molecule is CC[C@@]12C=CCOC(=O)[C@@H]1[C@H]1C(=O)N([C@@H](CO)Cc3ccccc3)C3C(=O)N(c4ccc(OC)cc4)CC=C[C@@]31O2. The summed E-state index contributed by atoms with van der Waals surface area (Å²) >= 11 is 0. The summed E-state index contributed by atoms with van der Waals surface area (Å²) in [4.78, 5) is 45.8. The number of benzene rings is 2. The Morgan fingerprint density at radius 3 is 2.44 bits per heavy atom. The number of carbonyl (C=O) groups excluding carboxylic acids is 3. The van der Waals surface area contributed by atoms with E-state index in [2.05, 4.69) is 0 Å². The lowest BCUT2D eigenvalue weighted by Gasteiger charge is -2.40. The van der Waals surface area contributed by atoms with Crippen LogP contribution in [0.15, 0.2) is 78.9 Å². The molecule has 4 heterocycles. The van der Waals surface area contributed by atoms with E-state index in [1.165, 1.54) is 4.90 Å². The maximum absolute atomic E-state index is 14.7. The maximum Gasteiger partial charge on any atom is 0.313 e. The number of aliphatic hydroxyl groups is 1. The van der Waals surface area contributed by atoms with E-state index >= 15 is 0 Å². The number of methoxy groups -OCH3 is 1. The Balaban J connectivity index is 1.50. The van der Waals surface area contributed by atoms with Gasteiger partial charge in [0.15, 0.2) is 0 Å². The summed E-state index contributed by atoms with van der Waals surface area (Å²) in [7, 11) is 1.57. The van der Waals surface area contributed by atoms with Gasteiger partial charge in [-0.3, -0.25) is 14.4 Å². The first-order valence-electron chi connectivity index (χ1n) is 14.0. The minimum absolute atomic E-state index is 0.0920. The van der Waals surface area contributed by atoms with E-state index in [4.69, 9.17) is 14.2 Å². The number of aliphatic hydroxyl groups excluding tert-OH is 1. The van der Waals surface area contributed by atoms with E-state index in [-0.39, 0.29) is 25.7 Å². The predicted molar refractivity (Wildman–Crippen MR) is 150 cm³/mol. The molecule has 0 radical (unpaired) electrons. The van der Waals surface area contributed by atoms with Gasteiger partial charge in [-0.1, -0.05) is 55.5 Å². The fourth-order valence-electron chi connectivity index (χ4n) is 7.06. The van der Waals surface area contributed by atoms with Crippen LogP contribution in [0.4, 0.5) is 5.69 Å². The maximum atomic E-state index is 14.7. The van der Waals surface area contributed by atoms with Crippen molar-refractivity contribution in [2.75, 3.05) is 31.8 Å². The Bertz CT molecular complexity index is 1390. The number of fused-ring (bicyclic) bond motifs is 2. The highest BCUT2D eigenvalue weighted by atomic mass is 16.6. The van der Waals surface area contributed by atoms with Crippen LogP contribution in [0.3, 0.4) is 0 Å². The second-order valence-electron chi connectivity index (χ2n) is 11.0. The number of nitrogens with zero attached hydrogens (tertiary/aromatic N) is 2. The topological polar surface area (TPSA) is 106 Å². The quantitative estimate of drug-likeness (QED) is 0.412. The molecule has 6 atom stereocenters. The molecule has 0 bridgehead atoms. The Kier molecular flexibility index (Phi) is 6.95. The van der Waals surface area contributed by atoms with E-state index in [1.54, 1.807) is 48.4 Å². The molecule has 9 heteroatoms. The second kappa shape index (κ2) is 10.5. The van der Waals surface area contributed by atoms with Crippen molar-refractivity contribution in [3.05, 3.63) is 84.5 Å². The minimum Gasteiger partial charge on any atom is -0.497 e. The smallest absolute Gasteiger partial charge is 0.313 e. The molecule has 4 aliphatic heterocycles. The lowest BCUT2D eigenvalue weighted by Crippen LogP contribution is -2.59. The van der Waals surface area contributed by atoms with Gasteiger partial charge in [0.2, 0.25) is 5.91 Å². The van der Waals surface area contributed by atoms with E-state index < -0.39 is 47.0 Å². The second-order valence-corrected chi connectivity index (χ2v) is 11.0. The monoisotopic (exact) mass is 558 g/mol. The van der Waals surface area contributed by atoms with Gasteiger partial charge in [0.1, 0.15) is 35.5 Å². The number of hydrogen-bond acceptors (Lipinski definition) is 7. The fourth-order valence-corrected chi connectivity index (χ4v) is 7.06. The van der Waals surface area contributed by atoms with Gasteiger partial charge in [0.25, 0.3) is 5.91 Å². The van der Waals surface area contributed by atoms with Gasteiger partial charge in [-0.25, -0.2) is 0 Å². The average molecular weight is 559 g/mol. The van der Waals surface area contributed by atoms with Crippen LogP contribution < -0.4 is 9.64 Å².